The molecular weight excluding hydrogens is 412 g/mol. The number of anilines is 2. The van der Waals surface area contributed by atoms with Crippen LogP contribution >= 0.6 is 11.3 Å². The van der Waals surface area contributed by atoms with Crippen LogP contribution in [0.5, 0.6) is 11.5 Å². The summed E-state index contributed by atoms with van der Waals surface area (Å²) in [5.41, 5.74) is 3.36. The average Bonchev–Trinajstić information content (AvgIpc) is 3.41. The van der Waals surface area contributed by atoms with E-state index < -0.39 is 0 Å². The highest BCUT2D eigenvalue weighted by Gasteiger charge is 2.32. The maximum atomic E-state index is 13.4. The normalized spacial score (nSPS) is 17.6. The summed E-state index contributed by atoms with van der Waals surface area (Å²) in [6, 6.07) is 9.39. The van der Waals surface area contributed by atoms with E-state index in [-0.39, 0.29) is 11.9 Å². The molecule has 0 saturated carbocycles. The smallest absolute Gasteiger partial charge is 0.254 e. The predicted molar refractivity (Wildman–Crippen MR) is 120 cm³/mol. The molecule has 1 atom stereocenters. The monoisotopic (exact) mass is 436 g/mol. The van der Waals surface area contributed by atoms with Gasteiger partial charge in [0, 0.05) is 34.6 Å². The summed E-state index contributed by atoms with van der Waals surface area (Å²) < 4.78 is 11.2. The van der Waals surface area contributed by atoms with Crippen LogP contribution in [0.1, 0.15) is 45.5 Å². The highest BCUT2D eigenvalue weighted by atomic mass is 32.1. The number of pyridine rings is 1. The first-order chi connectivity index (χ1) is 15.1. The third-order valence-electron chi connectivity index (χ3n) is 5.49. The van der Waals surface area contributed by atoms with Crippen LogP contribution in [0, 0.1) is 13.8 Å². The van der Waals surface area contributed by atoms with E-state index in [4.69, 9.17) is 14.5 Å². The number of amides is 1. The van der Waals surface area contributed by atoms with Gasteiger partial charge in [0.1, 0.15) is 13.2 Å². The lowest BCUT2D eigenvalue weighted by atomic mass is 10.1. The molecule has 0 unspecified atom stereocenters. The van der Waals surface area contributed by atoms with Gasteiger partial charge in [-0.1, -0.05) is 0 Å². The van der Waals surface area contributed by atoms with E-state index in [1.54, 1.807) is 17.4 Å². The number of thiazole rings is 1. The molecule has 3 aromatic rings. The Kier molecular flexibility index (Phi) is 5.23. The van der Waals surface area contributed by atoms with Gasteiger partial charge in [0.05, 0.1) is 11.7 Å². The van der Waals surface area contributed by atoms with Crippen LogP contribution in [-0.2, 0) is 0 Å². The molecule has 0 spiro atoms. The van der Waals surface area contributed by atoms with Crippen LogP contribution in [0.2, 0.25) is 0 Å². The fourth-order valence-electron chi connectivity index (χ4n) is 4.13. The second kappa shape index (κ2) is 8.19. The van der Waals surface area contributed by atoms with Crippen molar-refractivity contribution in [3.05, 3.63) is 58.4 Å². The molecule has 2 aliphatic rings. The fourth-order valence-corrected chi connectivity index (χ4v) is 4.82. The minimum absolute atomic E-state index is 0.00663. The summed E-state index contributed by atoms with van der Waals surface area (Å²) in [5, 5.41) is 4.22. The Morgan fingerprint density at radius 2 is 2.00 bits per heavy atom. The number of rotatable bonds is 4. The summed E-state index contributed by atoms with van der Waals surface area (Å²) in [4.78, 5) is 25.6. The zero-order chi connectivity index (χ0) is 21.4. The van der Waals surface area contributed by atoms with Crippen LogP contribution < -0.4 is 14.8 Å². The number of carbonyl (C=O) groups is 1. The summed E-state index contributed by atoms with van der Waals surface area (Å²) in [6.07, 6.45) is 3.69. The topological polar surface area (TPSA) is 76.6 Å². The van der Waals surface area contributed by atoms with Crippen LogP contribution in [0.25, 0.3) is 0 Å². The number of hydrogen-bond donors (Lipinski definition) is 1. The summed E-state index contributed by atoms with van der Waals surface area (Å²) in [6.45, 7) is 5.75. The second-order valence-corrected chi connectivity index (χ2v) is 9.07. The number of ether oxygens (including phenoxy) is 2. The van der Waals surface area contributed by atoms with Crippen LogP contribution in [0.4, 0.5) is 10.8 Å². The molecule has 1 aromatic carbocycles. The number of carbonyl (C=O) groups excluding carboxylic acids is 1. The first-order valence-corrected chi connectivity index (χ1v) is 11.3. The SMILES string of the molecule is Cc1cc(Nc2ncc(C)s2)cc([C@@H]2CCCN2C(=O)c2ccc3c(c2)OCCO3)n1. The van der Waals surface area contributed by atoms with Crippen LogP contribution in [0.15, 0.2) is 36.5 Å². The third-order valence-corrected chi connectivity index (χ3v) is 6.32. The van der Waals surface area contributed by atoms with Crippen molar-refractivity contribution in [1.29, 1.82) is 0 Å². The molecule has 2 aromatic heterocycles. The number of benzene rings is 1. The Hall–Kier alpha value is -3.13. The summed E-state index contributed by atoms with van der Waals surface area (Å²) >= 11 is 1.61. The minimum atomic E-state index is -0.0563. The molecule has 1 N–H and O–H groups in total. The maximum absolute atomic E-state index is 13.4. The number of nitrogens with one attached hydrogen (secondary N) is 1. The van der Waals surface area contributed by atoms with Crippen molar-refractivity contribution < 1.29 is 14.3 Å². The van der Waals surface area contributed by atoms with E-state index in [0.29, 0.717) is 36.8 Å². The predicted octanol–water partition coefficient (Wildman–Crippen LogP) is 4.65. The number of nitrogens with zero attached hydrogens (tertiary/aromatic N) is 3. The lowest BCUT2D eigenvalue weighted by Crippen LogP contribution is -2.31. The zero-order valence-corrected chi connectivity index (χ0v) is 18.4. The van der Waals surface area contributed by atoms with Gasteiger partial charge < -0.3 is 19.7 Å². The fraction of sp³-hybridized carbons (Fsp3) is 0.348. The van der Waals surface area contributed by atoms with Gasteiger partial charge in [-0.05, 0) is 57.0 Å². The summed E-state index contributed by atoms with van der Waals surface area (Å²) in [5.74, 6) is 1.31. The quantitative estimate of drug-likeness (QED) is 0.642. The van der Waals surface area contributed by atoms with Crippen molar-refractivity contribution >= 4 is 28.1 Å². The van der Waals surface area contributed by atoms with E-state index >= 15 is 0 Å². The van der Waals surface area contributed by atoms with Gasteiger partial charge in [-0.25, -0.2) is 4.98 Å². The van der Waals surface area contributed by atoms with Gasteiger partial charge in [-0.15, -0.1) is 11.3 Å². The molecule has 8 heteroatoms. The van der Waals surface area contributed by atoms with E-state index in [1.165, 1.54) is 0 Å². The highest BCUT2D eigenvalue weighted by molar-refractivity contribution is 7.15. The van der Waals surface area contributed by atoms with Crippen molar-refractivity contribution in [3.63, 3.8) is 0 Å². The van der Waals surface area contributed by atoms with Gasteiger partial charge in [-0.3, -0.25) is 9.78 Å². The molecule has 2 aliphatic heterocycles. The van der Waals surface area contributed by atoms with E-state index in [0.717, 1.165) is 39.9 Å². The summed E-state index contributed by atoms with van der Waals surface area (Å²) in [7, 11) is 0. The Labute approximate surface area is 185 Å². The molecule has 0 radical (unpaired) electrons. The van der Waals surface area contributed by atoms with E-state index in [2.05, 4.69) is 10.3 Å². The van der Waals surface area contributed by atoms with Crippen molar-refractivity contribution in [2.75, 3.05) is 25.1 Å². The standard InChI is InChI=1S/C23H24N4O3S/c1-14-10-17(26-23-24-13-15(2)31-23)12-18(25-14)19-4-3-7-27(19)22(28)16-5-6-20-21(11-16)30-9-8-29-20/h5-6,10-13,19H,3-4,7-9H2,1-2H3,(H,24,25,26)/t19-/m0/s1. The molecule has 0 aliphatic carbocycles. The second-order valence-electron chi connectivity index (χ2n) is 7.84. The first kappa shape index (κ1) is 19.8. The number of likely N-dealkylation sites (tertiary alicyclic amines) is 1. The average molecular weight is 437 g/mol. The molecule has 1 fully saturated rings. The van der Waals surface area contributed by atoms with Gasteiger partial charge in [0.15, 0.2) is 16.6 Å². The van der Waals surface area contributed by atoms with Gasteiger partial charge in [0.2, 0.25) is 0 Å². The van der Waals surface area contributed by atoms with Crippen molar-refractivity contribution in [2.45, 2.75) is 32.7 Å². The van der Waals surface area contributed by atoms with Crippen LogP contribution in [-0.4, -0.2) is 40.5 Å². The van der Waals surface area contributed by atoms with E-state index in [9.17, 15) is 4.79 Å². The van der Waals surface area contributed by atoms with Crippen LogP contribution in [0.3, 0.4) is 0 Å². The van der Waals surface area contributed by atoms with Gasteiger partial charge in [0.25, 0.3) is 5.91 Å². The minimum Gasteiger partial charge on any atom is -0.486 e. The lowest BCUT2D eigenvalue weighted by Gasteiger charge is -2.26. The zero-order valence-electron chi connectivity index (χ0n) is 17.6. The molecule has 31 heavy (non-hydrogen) atoms. The molecule has 160 valence electrons. The number of fused-ring (bicyclic) bond motifs is 1. The number of hydrogen-bond acceptors (Lipinski definition) is 7. The maximum Gasteiger partial charge on any atom is 0.254 e. The van der Waals surface area contributed by atoms with Crippen molar-refractivity contribution in [1.82, 2.24) is 14.9 Å². The Morgan fingerprint density at radius 3 is 2.81 bits per heavy atom. The molecule has 4 heterocycles. The molecule has 1 amide bonds. The molecular formula is C23H24N4O3S. The molecule has 5 rings (SSSR count). The Morgan fingerprint density at radius 1 is 1.16 bits per heavy atom. The Balaban J connectivity index is 1.40. The lowest BCUT2D eigenvalue weighted by molar-refractivity contribution is 0.0731. The van der Waals surface area contributed by atoms with Crippen molar-refractivity contribution in [3.8, 4) is 11.5 Å². The number of aryl methyl sites for hydroxylation is 2. The highest BCUT2D eigenvalue weighted by Crippen LogP contribution is 2.36. The van der Waals surface area contributed by atoms with E-state index in [1.807, 2.05) is 49.2 Å². The molecule has 7 nitrogen and oxygen atoms in total. The molecule has 0 bridgehead atoms. The number of aromatic nitrogens is 2. The first-order valence-electron chi connectivity index (χ1n) is 10.5. The Bertz CT molecular complexity index is 1130. The van der Waals surface area contributed by atoms with Gasteiger partial charge in [-0.2, -0.15) is 0 Å². The molecule has 1 saturated heterocycles. The largest absolute Gasteiger partial charge is 0.486 e. The van der Waals surface area contributed by atoms with Crippen molar-refractivity contribution in [2.24, 2.45) is 0 Å². The van der Waals surface area contributed by atoms with Gasteiger partial charge >= 0.3 is 0 Å². The third kappa shape index (κ3) is 4.07.